The Morgan fingerprint density at radius 1 is 1.08 bits per heavy atom. The van der Waals surface area contributed by atoms with Crippen LogP contribution in [0.4, 0.5) is 13.2 Å². The van der Waals surface area contributed by atoms with E-state index in [0.29, 0.717) is 29.3 Å². The predicted molar refractivity (Wildman–Crippen MR) is 95.1 cm³/mol. The van der Waals surface area contributed by atoms with E-state index < -0.39 is 13.0 Å². The van der Waals surface area contributed by atoms with Crippen LogP contribution >= 0.6 is 0 Å². The zero-order valence-electron chi connectivity index (χ0n) is 14.1. The summed E-state index contributed by atoms with van der Waals surface area (Å²) in [5, 5.41) is 0. The normalized spacial score (nSPS) is 12.8. The average Bonchev–Trinajstić information content (AvgIpc) is 3.19. The Morgan fingerprint density at radius 3 is 2.54 bits per heavy atom. The van der Waals surface area contributed by atoms with E-state index in [0.717, 1.165) is 16.7 Å². The van der Waals surface area contributed by atoms with E-state index in [1.54, 1.807) is 25.3 Å². The molecule has 0 spiro atoms. The van der Waals surface area contributed by atoms with Gasteiger partial charge in [0, 0.05) is 17.3 Å². The number of rotatable bonds is 4. The highest BCUT2D eigenvalue weighted by Gasteiger charge is 2.21. The van der Waals surface area contributed by atoms with Gasteiger partial charge in [0.15, 0.2) is 0 Å². The van der Waals surface area contributed by atoms with E-state index in [1.165, 1.54) is 16.7 Å². The fourth-order valence-corrected chi connectivity index (χ4v) is 3.28. The van der Waals surface area contributed by atoms with Crippen LogP contribution < -0.4 is 0 Å². The number of fused-ring (bicyclic) bond motifs is 1. The molecule has 26 heavy (non-hydrogen) atoms. The van der Waals surface area contributed by atoms with Gasteiger partial charge in [0.2, 0.25) is 0 Å². The van der Waals surface area contributed by atoms with Crippen molar-refractivity contribution in [2.45, 2.75) is 26.4 Å². The summed E-state index contributed by atoms with van der Waals surface area (Å²) in [6.45, 7) is 1.89. The minimum Gasteiger partial charge on any atom is -0.322 e. The van der Waals surface area contributed by atoms with Gasteiger partial charge in [-0.2, -0.15) is 0 Å². The highest BCUT2D eigenvalue weighted by atomic mass is 19.3. The Balaban J connectivity index is 1.92. The first kappa shape index (κ1) is 16.6. The van der Waals surface area contributed by atoms with Gasteiger partial charge in [0.1, 0.15) is 11.6 Å². The van der Waals surface area contributed by atoms with E-state index >= 15 is 0 Å². The Bertz CT molecular complexity index is 988. The molecule has 3 aromatic rings. The standard InChI is InChI=1S/C20H16F3N3/c1-12-25-19(13-4-6-17(21)7-5-13)20(26(12)11-18(22)23)14-2-3-15-9-24-10-16(15)8-14/h2-8,10,18H,9,11H2,1H3. The molecule has 0 amide bonds. The summed E-state index contributed by atoms with van der Waals surface area (Å²) in [7, 11) is 0. The molecular formula is C20H16F3N3. The molecular weight excluding hydrogens is 339 g/mol. The minimum absolute atomic E-state index is 0.354. The Kier molecular flexibility index (Phi) is 4.11. The predicted octanol–water partition coefficient (Wildman–Crippen LogP) is 4.86. The molecule has 0 radical (unpaired) electrons. The van der Waals surface area contributed by atoms with Crippen molar-refractivity contribution in [1.82, 2.24) is 9.55 Å². The monoisotopic (exact) mass is 355 g/mol. The summed E-state index contributed by atoms with van der Waals surface area (Å²) < 4.78 is 41.1. The fourth-order valence-electron chi connectivity index (χ4n) is 3.28. The molecule has 2 heterocycles. The highest BCUT2D eigenvalue weighted by molar-refractivity contribution is 5.88. The van der Waals surface area contributed by atoms with Crippen LogP contribution in [0.2, 0.25) is 0 Å². The second kappa shape index (κ2) is 6.44. The largest absolute Gasteiger partial charge is 0.322 e. The van der Waals surface area contributed by atoms with Crippen molar-refractivity contribution in [1.29, 1.82) is 0 Å². The van der Waals surface area contributed by atoms with E-state index in [2.05, 4.69) is 9.98 Å². The van der Waals surface area contributed by atoms with Crippen molar-refractivity contribution >= 4 is 6.21 Å². The van der Waals surface area contributed by atoms with Crippen LogP contribution in [0.3, 0.4) is 0 Å². The van der Waals surface area contributed by atoms with Crippen LogP contribution in [0.1, 0.15) is 17.0 Å². The number of hydrogen-bond donors (Lipinski definition) is 0. The highest BCUT2D eigenvalue weighted by Crippen LogP contribution is 2.34. The van der Waals surface area contributed by atoms with E-state index in [9.17, 15) is 13.2 Å². The van der Waals surface area contributed by atoms with Crippen LogP contribution in [0.5, 0.6) is 0 Å². The lowest BCUT2D eigenvalue weighted by Gasteiger charge is -2.12. The van der Waals surface area contributed by atoms with Crippen molar-refractivity contribution in [3.05, 3.63) is 65.2 Å². The summed E-state index contributed by atoms with van der Waals surface area (Å²) in [5.74, 6) is 0.140. The number of nitrogens with zero attached hydrogens (tertiary/aromatic N) is 3. The molecule has 0 bridgehead atoms. The summed E-state index contributed by atoms with van der Waals surface area (Å²) in [4.78, 5) is 8.75. The second-order valence-electron chi connectivity index (χ2n) is 6.25. The number of aliphatic imine (C=N–C) groups is 1. The van der Waals surface area contributed by atoms with Gasteiger partial charge in [0.05, 0.1) is 24.5 Å². The first-order valence-electron chi connectivity index (χ1n) is 8.27. The van der Waals surface area contributed by atoms with Crippen molar-refractivity contribution in [2.24, 2.45) is 4.99 Å². The zero-order valence-corrected chi connectivity index (χ0v) is 14.1. The molecule has 0 saturated heterocycles. The van der Waals surface area contributed by atoms with E-state index in [4.69, 9.17) is 0 Å². The van der Waals surface area contributed by atoms with Gasteiger partial charge in [-0.1, -0.05) is 12.1 Å². The number of benzene rings is 2. The number of aromatic nitrogens is 2. The van der Waals surface area contributed by atoms with Crippen molar-refractivity contribution in [3.8, 4) is 22.5 Å². The summed E-state index contributed by atoms with van der Waals surface area (Å²) in [6.07, 6.45) is -0.712. The molecule has 1 aromatic heterocycles. The van der Waals surface area contributed by atoms with Crippen molar-refractivity contribution in [2.75, 3.05) is 0 Å². The molecule has 0 N–H and O–H groups in total. The molecule has 3 nitrogen and oxygen atoms in total. The maximum atomic E-state index is 13.3. The fraction of sp³-hybridized carbons (Fsp3) is 0.200. The second-order valence-corrected chi connectivity index (χ2v) is 6.25. The van der Waals surface area contributed by atoms with Crippen LogP contribution in [-0.2, 0) is 13.1 Å². The van der Waals surface area contributed by atoms with Crippen LogP contribution in [-0.4, -0.2) is 22.2 Å². The SMILES string of the molecule is Cc1nc(-c2ccc(F)cc2)c(-c2ccc3c(c2)C=NC3)n1CC(F)F. The molecule has 1 aliphatic heterocycles. The summed E-state index contributed by atoms with van der Waals surface area (Å²) in [5.41, 5.74) is 4.74. The van der Waals surface area contributed by atoms with Gasteiger partial charge in [0.25, 0.3) is 6.43 Å². The van der Waals surface area contributed by atoms with E-state index in [-0.39, 0.29) is 5.82 Å². The Morgan fingerprint density at radius 2 is 1.81 bits per heavy atom. The molecule has 0 fully saturated rings. The molecule has 0 aliphatic carbocycles. The zero-order chi connectivity index (χ0) is 18.3. The quantitative estimate of drug-likeness (QED) is 0.657. The third-order valence-corrected chi connectivity index (χ3v) is 4.51. The van der Waals surface area contributed by atoms with Gasteiger partial charge in [-0.15, -0.1) is 0 Å². The molecule has 1 aliphatic rings. The topological polar surface area (TPSA) is 30.2 Å². The van der Waals surface area contributed by atoms with E-state index in [1.807, 2.05) is 18.2 Å². The van der Waals surface area contributed by atoms with Crippen LogP contribution in [0.15, 0.2) is 47.5 Å². The van der Waals surface area contributed by atoms with Crippen LogP contribution in [0, 0.1) is 12.7 Å². The number of hydrogen-bond acceptors (Lipinski definition) is 2. The van der Waals surface area contributed by atoms with Gasteiger partial charge in [-0.05, 0) is 48.4 Å². The Labute approximate surface area is 148 Å². The van der Waals surface area contributed by atoms with Gasteiger partial charge in [-0.3, -0.25) is 4.99 Å². The first-order valence-corrected chi connectivity index (χ1v) is 8.27. The molecule has 4 rings (SSSR count). The maximum absolute atomic E-state index is 13.3. The third-order valence-electron chi connectivity index (χ3n) is 4.51. The third kappa shape index (κ3) is 2.92. The molecule has 0 saturated carbocycles. The molecule has 2 aromatic carbocycles. The lowest BCUT2D eigenvalue weighted by molar-refractivity contribution is 0.126. The molecule has 0 atom stereocenters. The number of halogens is 3. The molecule has 0 unspecified atom stereocenters. The number of alkyl halides is 2. The smallest absolute Gasteiger partial charge is 0.256 e. The van der Waals surface area contributed by atoms with Crippen molar-refractivity contribution in [3.63, 3.8) is 0 Å². The lowest BCUT2D eigenvalue weighted by Crippen LogP contribution is -2.10. The van der Waals surface area contributed by atoms with Gasteiger partial charge in [-0.25, -0.2) is 18.2 Å². The lowest BCUT2D eigenvalue weighted by atomic mass is 10.0. The summed E-state index contributed by atoms with van der Waals surface area (Å²) >= 11 is 0. The Hall–Kier alpha value is -2.89. The van der Waals surface area contributed by atoms with Crippen LogP contribution in [0.25, 0.3) is 22.5 Å². The minimum atomic E-state index is -2.50. The van der Waals surface area contributed by atoms with Gasteiger partial charge < -0.3 is 4.57 Å². The first-order chi connectivity index (χ1) is 12.5. The molecule has 6 heteroatoms. The summed E-state index contributed by atoms with van der Waals surface area (Å²) in [6, 6.07) is 11.7. The average molecular weight is 355 g/mol. The van der Waals surface area contributed by atoms with Gasteiger partial charge >= 0.3 is 0 Å². The number of imidazole rings is 1. The maximum Gasteiger partial charge on any atom is 0.256 e. The molecule has 132 valence electrons. The van der Waals surface area contributed by atoms with Crippen molar-refractivity contribution < 1.29 is 13.2 Å². The number of aryl methyl sites for hydroxylation is 1.